The number of Topliss-reactive ketones (excluding diaryl/α,β-unsaturated/α-hetero) is 1. The maximum Gasteiger partial charge on any atom is 0.236 e. The summed E-state index contributed by atoms with van der Waals surface area (Å²) in [5.74, 6) is 0.0298. The van der Waals surface area contributed by atoms with E-state index in [1.165, 1.54) is 0 Å². The molecule has 4 bridgehead atoms. The van der Waals surface area contributed by atoms with Crippen molar-refractivity contribution in [2.24, 2.45) is 23.2 Å². The predicted molar refractivity (Wildman–Crippen MR) is 54.1 cm³/mol. The minimum Gasteiger partial charge on any atom is -0.346 e. The second-order valence-corrected chi connectivity index (χ2v) is 5.13. The Labute approximate surface area is 89.4 Å². The largest absolute Gasteiger partial charge is 0.346 e. The number of hydrogen-bond acceptors (Lipinski definition) is 3. The molecule has 3 heteroatoms. The average molecular weight is 208 g/mol. The van der Waals surface area contributed by atoms with Crippen LogP contribution in [-0.4, -0.2) is 25.3 Å². The van der Waals surface area contributed by atoms with Crippen LogP contribution in [0.1, 0.15) is 13.8 Å². The molecular formula is C12H16O3. The molecule has 4 rings (SSSR count). The number of ether oxygens (including phenoxy) is 2. The Morgan fingerprint density at radius 3 is 3.00 bits per heavy atom. The number of carbonyl (C=O) groups is 1. The second-order valence-electron chi connectivity index (χ2n) is 5.13. The minimum absolute atomic E-state index is 0.103. The molecule has 0 N–H and O–H groups in total. The molecule has 82 valence electrons. The summed E-state index contributed by atoms with van der Waals surface area (Å²) in [5, 5.41) is 0. The summed E-state index contributed by atoms with van der Waals surface area (Å²) in [5.41, 5.74) is -0.397. The van der Waals surface area contributed by atoms with E-state index >= 15 is 0 Å². The van der Waals surface area contributed by atoms with Gasteiger partial charge in [0.1, 0.15) is 0 Å². The van der Waals surface area contributed by atoms with Gasteiger partial charge in [-0.3, -0.25) is 4.79 Å². The molecule has 5 atom stereocenters. The first-order valence-corrected chi connectivity index (χ1v) is 5.49. The Morgan fingerprint density at radius 2 is 2.33 bits per heavy atom. The quantitative estimate of drug-likeness (QED) is 0.611. The van der Waals surface area contributed by atoms with E-state index in [0.29, 0.717) is 18.4 Å². The number of ketones is 1. The molecule has 15 heavy (non-hydrogen) atoms. The highest BCUT2D eigenvalue weighted by molar-refractivity contribution is 5.96. The summed E-state index contributed by atoms with van der Waals surface area (Å²) in [6.45, 7) is 4.79. The zero-order valence-electron chi connectivity index (χ0n) is 9.32. The van der Waals surface area contributed by atoms with E-state index in [0.717, 1.165) is 0 Å². The highest BCUT2D eigenvalue weighted by Gasteiger charge is 2.69. The maximum atomic E-state index is 12.4. The van der Waals surface area contributed by atoms with Crippen LogP contribution in [0.4, 0.5) is 0 Å². The van der Waals surface area contributed by atoms with Crippen molar-refractivity contribution < 1.29 is 14.3 Å². The van der Waals surface area contributed by atoms with Crippen molar-refractivity contribution in [3.05, 3.63) is 12.2 Å². The van der Waals surface area contributed by atoms with Crippen LogP contribution in [0.25, 0.3) is 0 Å². The third kappa shape index (κ3) is 0.797. The Hall–Kier alpha value is -0.670. The first-order valence-electron chi connectivity index (χ1n) is 5.49. The molecule has 0 aromatic rings. The Bertz CT molecular complexity index is 362. The van der Waals surface area contributed by atoms with Gasteiger partial charge in [0, 0.05) is 13.0 Å². The fraction of sp³-hybridized carbons (Fsp3) is 0.750. The number of rotatable bonds is 1. The molecule has 0 aromatic carbocycles. The van der Waals surface area contributed by atoms with Crippen molar-refractivity contribution in [3.8, 4) is 0 Å². The monoisotopic (exact) mass is 208 g/mol. The van der Waals surface area contributed by atoms with Gasteiger partial charge in [0.15, 0.2) is 0 Å². The van der Waals surface area contributed by atoms with Crippen LogP contribution in [0.3, 0.4) is 0 Å². The Morgan fingerprint density at radius 1 is 1.60 bits per heavy atom. The lowest BCUT2D eigenvalue weighted by Gasteiger charge is -2.50. The molecule has 1 saturated heterocycles. The lowest BCUT2D eigenvalue weighted by molar-refractivity contribution is -0.222. The molecule has 1 aliphatic heterocycles. The van der Waals surface area contributed by atoms with Crippen molar-refractivity contribution in [2.45, 2.75) is 19.6 Å². The molecule has 0 aromatic heterocycles. The van der Waals surface area contributed by atoms with E-state index in [2.05, 4.69) is 13.0 Å². The summed E-state index contributed by atoms with van der Waals surface area (Å²) in [4.78, 5) is 12.4. The van der Waals surface area contributed by atoms with Crippen molar-refractivity contribution >= 4 is 5.78 Å². The topological polar surface area (TPSA) is 35.5 Å². The number of carbonyl (C=O) groups excluding carboxylic acids is 1. The number of allylic oxidation sites excluding steroid dienone is 1. The van der Waals surface area contributed by atoms with E-state index in [-0.39, 0.29) is 11.7 Å². The maximum absolute atomic E-state index is 12.4. The second kappa shape index (κ2) is 2.53. The van der Waals surface area contributed by atoms with Gasteiger partial charge < -0.3 is 9.47 Å². The van der Waals surface area contributed by atoms with Crippen LogP contribution < -0.4 is 0 Å². The first kappa shape index (κ1) is 9.55. The van der Waals surface area contributed by atoms with Gasteiger partial charge in [-0.15, -0.1) is 0 Å². The molecule has 1 saturated carbocycles. The summed E-state index contributed by atoms with van der Waals surface area (Å²) < 4.78 is 11.1. The summed E-state index contributed by atoms with van der Waals surface area (Å²) in [6, 6.07) is 0. The SMILES string of the molecule is CO[C@]12OC[C@@H]3[C@@H]1C=C[C@](C)(C2=O)[C@H]3C. The summed E-state index contributed by atoms with van der Waals surface area (Å²) in [7, 11) is 1.57. The fourth-order valence-corrected chi connectivity index (χ4v) is 3.49. The molecule has 3 aliphatic carbocycles. The molecule has 4 aliphatic rings. The molecule has 0 amide bonds. The highest BCUT2D eigenvalue weighted by Crippen LogP contribution is 2.59. The standard InChI is InChI=1S/C12H16O3/c1-7-8-6-15-12(14-3)9(8)4-5-11(7,2)10(12)13/h4-5,7-9H,6H2,1-3H3/t7-,8-,9-,11-,12-/m0/s1. The Kier molecular flexibility index (Phi) is 1.61. The first-order chi connectivity index (χ1) is 7.06. The highest BCUT2D eigenvalue weighted by atomic mass is 16.7. The third-order valence-electron chi connectivity index (χ3n) is 4.74. The van der Waals surface area contributed by atoms with Crippen molar-refractivity contribution in [2.75, 3.05) is 13.7 Å². The Balaban J connectivity index is 2.21. The van der Waals surface area contributed by atoms with Gasteiger partial charge in [0.25, 0.3) is 0 Å². The van der Waals surface area contributed by atoms with E-state index in [1.54, 1.807) is 7.11 Å². The van der Waals surface area contributed by atoms with Crippen LogP contribution in [0, 0.1) is 23.2 Å². The minimum atomic E-state index is -0.972. The van der Waals surface area contributed by atoms with Crippen molar-refractivity contribution in [1.29, 1.82) is 0 Å². The molecule has 3 nitrogen and oxygen atoms in total. The lowest BCUT2D eigenvalue weighted by atomic mass is 9.54. The number of hydrogen-bond donors (Lipinski definition) is 0. The molecular weight excluding hydrogens is 192 g/mol. The van der Waals surface area contributed by atoms with Crippen LogP contribution in [0.5, 0.6) is 0 Å². The van der Waals surface area contributed by atoms with Crippen LogP contribution in [0.15, 0.2) is 12.2 Å². The van der Waals surface area contributed by atoms with Gasteiger partial charge in [0.05, 0.1) is 12.0 Å². The van der Waals surface area contributed by atoms with E-state index in [1.807, 2.05) is 13.0 Å². The van der Waals surface area contributed by atoms with Gasteiger partial charge in [-0.1, -0.05) is 19.1 Å². The van der Waals surface area contributed by atoms with Gasteiger partial charge >= 0.3 is 0 Å². The normalized spacial score (nSPS) is 56.5. The number of methoxy groups -OCH3 is 1. The molecule has 0 radical (unpaired) electrons. The molecule has 0 unspecified atom stereocenters. The van der Waals surface area contributed by atoms with Crippen LogP contribution in [-0.2, 0) is 14.3 Å². The zero-order chi connectivity index (χ0) is 10.8. The average Bonchev–Trinajstić information content (AvgIpc) is 2.60. The van der Waals surface area contributed by atoms with E-state index in [4.69, 9.17) is 9.47 Å². The summed E-state index contributed by atoms with van der Waals surface area (Å²) >= 11 is 0. The van der Waals surface area contributed by atoms with Gasteiger partial charge in [-0.05, 0) is 18.8 Å². The van der Waals surface area contributed by atoms with Gasteiger partial charge in [0.2, 0.25) is 11.6 Å². The lowest BCUT2D eigenvalue weighted by Crippen LogP contribution is -2.61. The van der Waals surface area contributed by atoms with Crippen molar-refractivity contribution in [1.82, 2.24) is 0 Å². The third-order valence-corrected chi connectivity index (χ3v) is 4.74. The van der Waals surface area contributed by atoms with E-state index < -0.39 is 11.2 Å². The molecule has 2 fully saturated rings. The smallest absolute Gasteiger partial charge is 0.236 e. The molecule has 1 heterocycles. The van der Waals surface area contributed by atoms with Crippen LogP contribution in [0.2, 0.25) is 0 Å². The fourth-order valence-electron chi connectivity index (χ4n) is 3.49. The molecule has 0 spiro atoms. The van der Waals surface area contributed by atoms with Crippen LogP contribution >= 0.6 is 0 Å². The van der Waals surface area contributed by atoms with Gasteiger partial charge in [-0.2, -0.15) is 0 Å². The predicted octanol–water partition coefficient (Wildman–Crippen LogP) is 1.39. The summed E-state index contributed by atoms with van der Waals surface area (Å²) in [6.07, 6.45) is 4.16. The van der Waals surface area contributed by atoms with Crippen molar-refractivity contribution in [3.63, 3.8) is 0 Å². The zero-order valence-corrected chi connectivity index (χ0v) is 9.32. The van der Waals surface area contributed by atoms with Gasteiger partial charge in [-0.25, -0.2) is 0 Å². The van der Waals surface area contributed by atoms with E-state index in [9.17, 15) is 4.79 Å².